The van der Waals surface area contributed by atoms with Crippen LogP contribution in [0.3, 0.4) is 0 Å². The van der Waals surface area contributed by atoms with Crippen LogP contribution in [0.5, 0.6) is 0 Å². The van der Waals surface area contributed by atoms with E-state index in [-0.39, 0.29) is 5.91 Å². The first-order chi connectivity index (χ1) is 14.2. The van der Waals surface area contributed by atoms with E-state index in [0.29, 0.717) is 0 Å². The molecule has 4 heteroatoms. The molecule has 0 unspecified atom stereocenters. The SMILES string of the molecule is CCCCCCCCCCNC(=O)c1c2c(nc3ccccc13)CCN(CC)C2. The highest BCUT2D eigenvalue weighted by Crippen LogP contribution is 2.28. The molecule has 0 saturated heterocycles. The van der Waals surface area contributed by atoms with Gasteiger partial charge in [-0.1, -0.05) is 77.0 Å². The summed E-state index contributed by atoms with van der Waals surface area (Å²) < 4.78 is 0. The molecule has 4 nitrogen and oxygen atoms in total. The van der Waals surface area contributed by atoms with E-state index >= 15 is 0 Å². The zero-order valence-corrected chi connectivity index (χ0v) is 18.3. The molecule has 0 spiro atoms. The average Bonchev–Trinajstić information content (AvgIpc) is 2.75. The standard InChI is InChI=1S/C25H37N3O/c1-3-5-6-7-8-9-10-13-17-26-25(29)24-20-14-11-12-15-22(20)27-23-16-18-28(4-2)19-21(23)24/h11-12,14-15H,3-10,13,16-19H2,1-2H3,(H,26,29). The maximum atomic E-state index is 13.2. The van der Waals surface area contributed by atoms with Crippen molar-refractivity contribution in [2.45, 2.75) is 78.2 Å². The molecule has 0 aliphatic carbocycles. The average molecular weight is 396 g/mol. The number of nitrogens with one attached hydrogen (secondary N) is 1. The van der Waals surface area contributed by atoms with Gasteiger partial charge in [0.2, 0.25) is 0 Å². The summed E-state index contributed by atoms with van der Waals surface area (Å²) in [7, 11) is 0. The molecule has 2 heterocycles. The Morgan fingerprint density at radius 1 is 1.03 bits per heavy atom. The van der Waals surface area contributed by atoms with Crippen molar-refractivity contribution in [1.82, 2.24) is 15.2 Å². The fourth-order valence-electron chi connectivity index (χ4n) is 4.32. The van der Waals surface area contributed by atoms with Crippen LogP contribution in [0.1, 0.15) is 86.8 Å². The smallest absolute Gasteiger partial charge is 0.252 e. The number of pyridine rings is 1. The zero-order chi connectivity index (χ0) is 20.5. The second-order valence-electron chi connectivity index (χ2n) is 8.28. The molecule has 1 aliphatic rings. The summed E-state index contributed by atoms with van der Waals surface area (Å²) in [6.45, 7) is 8.05. The first-order valence-corrected chi connectivity index (χ1v) is 11.7. The summed E-state index contributed by atoms with van der Waals surface area (Å²) in [5.74, 6) is 0.0701. The van der Waals surface area contributed by atoms with Crippen molar-refractivity contribution in [2.24, 2.45) is 0 Å². The van der Waals surface area contributed by atoms with E-state index in [1.165, 1.54) is 44.9 Å². The topological polar surface area (TPSA) is 45.2 Å². The molecule has 0 fully saturated rings. The van der Waals surface area contributed by atoms with Crippen LogP contribution in [0.2, 0.25) is 0 Å². The monoisotopic (exact) mass is 395 g/mol. The van der Waals surface area contributed by atoms with Gasteiger partial charge in [-0.2, -0.15) is 0 Å². The van der Waals surface area contributed by atoms with Crippen molar-refractivity contribution in [3.63, 3.8) is 0 Å². The molecule has 29 heavy (non-hydrogen) atoms. The van der Waals surface area contributed by atoms with Crippen molar-refractivity contribution in [3.8, 4) is 0 Å². The van der Waals surface area contributed by atoms with Gasteiger partial charge in [-0.15, -0.1) is 0 Å². The number of hydrogen-bond donors (Lipinski definition) is 1. The molecule has 3 rings (SSSR count). The van der Waals surface area contributed by atoms with E-state index < -0.39 is 0 Å². The number of amides is 1. The lowest BCUT2D eigenvalue weighted by atomic mass is 9.95. The Hall–Kier alpha value is -1.94. The fraction of sp³-hybridized carbons (Fsp3) is 0.600. The van der Waals surface area contributed by atoms with Crippen LogP contribution in [0, 0.1) is 0 Å². The molecule has 0 saturated carbocycles. The lowest BCUT2D eigenvalue weighted by Gasteiger charge is -2.29. The Balaban J connectivity index is 1.61. The van der Waals surface area contributed by atoms with Crippen LogP contribution in [0.25, 0.3) is 10.9 Å². The van der Waals surface area contributed by atoms with E-state index in [2.05, 4.69) is 24.1 Å². The summed E-state index contributed by atoms with van der Waals surface area (Å²) in [4.78, 5) is 20.4. The largest absolute Gasteiger partial charge is 0.352 e. The third-order valence-electron chi connectivity index (χ3n) is 6.12. The van der Waals surface area contributed by atoms with Crippen LogP contribution in [-0.2, 0) is 13.0 Å². The van der Waals surface area contributed by atoms with Crippen LogP contribution in [0.15, 0.2) is 24.3 Å². The molecule has 1 aromatic carbocycles. The van der Waals surface area contributed by atoms with Gasteiger partial charge in [0, 0.05) is 42.7 Å². The van der Waals surface area contributed by atoms with Crippen molar-refractivity contribution in [3.05, 3.63) is 41.1 Å². The first-order valence-electron chi connectivity index (χ1n) is 11.7. The molecule has 0 radical (unpaired) electrons. The highest BCUT2D eigenvalue weighted by Gasteiger charge is 2.24. The van der Waals surface area contributed by atoms with Crippen LogP contribution in [-0.4, -0.2) is 35.4 Å². The number of carbonyl (C=O) groups is 1. The second-order valence-corrected chi connectivity index (χ2v) is 8.28. The minimum absolute atomic E-state index is 0.0701. The zero-order valence-electron chi connectivity index (χ0n) is 18.3. The summed E-state index contributed by atoms with van der Waals surface area (Å²) in [6.07, 6.45) is 11.2. The lowest BCUT2D eigenvalue weighted by molar-refractivity contribution is 0.0951. The highest BCUT2D eigenvalue weighted by atomic mass is 16.1. The molecule has 2 aromatic rings. The predicted octanol–water partition coefficient (Wildman–Crippen LogP) is 5.48. The highest BCUT2D eigenvalue weighted by molar-refractivity contribution is 6.07. The normalized spacial score (nSPS) is 14.1. The van der Waals surface area contributed by atoms with Gasteiger partial charge in [0.05, 0.1) is 11.1 Å². The molecule has 1 aliphatic heterocycles. The van der Waals surface area contributed by atoms with Crippen molar-refractivity contribution in [1.29, 1.82) is 0 Å². The summed E-state index contributed by atoms with van der Waals surface area (Å²) in [5, 5.41) is 4.18. The van der Waals surface area contributed by atoms with E-state index in [1.807, 2.05) is 24.3 Å². The van der Waals surface area contributed by atoms with E-state index in [0.717, 1.165) is 66.7 Å². The molecule has 0 atom stereocenters. The van der Waals surface area contributed by atoms with Gasteiger partial charge in [-0.05, 0) is 19.0 Å². The van der Waals surface area contributed by atoms with Crippen LogP contribution >= 0.6 is 0 Å². The van der Waals surface area contributed by atoms with Crippen LogP contribution in [0.4, 0.5) is 0 Å². The number of benzene rings is 1. The van der Waals surface area contributed by atoms with Gasteiger partial charge in [-0.25, -0.2) is 0 Å². The van der Waals surface area contributed by atoms with Crippen molar-refractivity contribution >= 4 is 16.8 Å². The molecular weight excluding hydrogens is 358 g/mol. The van der Waals surface area contributed by atoms with Gasteiger partial charge in [0.1, 0.15) is 0 Å². The second kappa shape index (κ2) is 11.3. The number of hydrogen-bond acceptors (Lipinski definition) is 3. The van der Waals surface area contributed by atoms with Gasteiger partial charge in [0.25, 0.3) is 5.91 Å². The number of rotatable bonds is 11. The van der Waals surface area contributed by atoms with Crippen LogP contribution < -0.4 is 5.32 Å². The summed E-state index contributed by atoms with van der Waals surface area (Å²) >= 11 is 0. The summed E-state index contributed by atoms with van der Waals surface area (Å²) in [6, 6.07) is 8.08. The number of carbonyl (C=O) groups excluding carboxylic acids is 1. The number of aromatic nitrogens is 1. The molecule has 1 amide bonds. The fourth-order valence-corrected chi connectivity index (χ4v) is 4.32. The Kier molecular flexibility index (Phi) is 8.48. The third-order valence-corrected chi connectivity index (χ3v) is 6.12. The number of likely N-dealkylation sites (N-methyl/N-ethyl adjacent to an activating group) is 1. The Morgan fingerprint density at radius 2 is 1.76 bits per heavy atom. The number of unbranched alkanes of at least 4 members (excludes halogenated alkanes) is 7. The quantitative estimate of drug-likeness (QED) is 0.512. The Morgan fingerprint density at radius 3 is 2.52 bits per heavy atom. The van der Waals surface area contributed by atoms with Crippen molar-refractivity contribution < 1.29 is 4.79 Å². The molecule has 0 bridgehead atoms. The lowest BCUT2D eigenvalue weighted by Crippen LogP contribution is -2.34. The van der Waals surface area contributed by atoms with Gasteiger partial charge in [0.15, 0.2) is 0 Å². The third kappa shape index (κ3) is 5.79. The summed E-state index contributed by atoms with van der Waals surface area (Å²) in [5.41, 5.74) is 4.02. The Bertz CT molecular complexity index is 802. The molecule has 1 N–H and O–H groups in total. The predicted molar refractivity (Wildman–Crippen MR) is 121 cm³/mol. The van der Waals surface area contributed by atoms with Crippen molar-refractivity contribution in [2.75, 3.05) is 19.6 Å². The molecule has 1 aromatic heterocycles. The maximum absolute atomic E-state index is 13.2. The first kappa shape index (κ1) is 21.8. The number of para-hydroxylation sites is 1. The van der Waals surface area contributed by atoms with Gasteiger partial charge < -0.3 is 5.32 Å². The molecular formula is C25H37N3O. The number of nitrogens with zero attached hydrogens (tertiary/aromatic N) is 2. The van der Waals surface area contributed by atoms with Gasteiger partial charge in [-0.3, -0.25) is 14.7 Å². The van der Waals surface area contributed by atoms with E-state index in [9.17, 15) is 4.79 Å². The van der Waals surface area contributed by atoms with E-state index in [4.69, 9.17) is 4.98 Å². The number of fused-ring (bicyclic) bond motifs is 2. The maximum Gasteiger partial charge on any atom is 0.252 e. The minimum Gasteiger partial charge on any atom is -0.352 e. The Labute approximate surface area is 176 Å². The minimum atomic E-state index is 0.0701. The van der Waals surface area contributed by atoms with E-state index in [1.54, 1.807) is 0 Å². The van der Waals surface area contributed by atoms with Gasteiger partial charge >= 0.3 is 0 Å². The molecule has 158 valence electrons.